The van der Waals surface area contributed by atoms with Gasteiger partial charge in [0.05, 0.1) is 12.8 Å². The van der Waals surface area contributed by atoms with E-state index in [1.165, 1.54) is 5.56 Å². The predicted octanol–water partition coefficient (Wildman–Crippen LogP) is 5.19. The Hall–Kier alpha value is -3.08. The zero-order chi connectivity index (χ0) is 20.8. The largest absolute Gasteiger partial charge is 0.494 e. The highest BCUT2D eigenvalue weighted by atomic mass is 16.5. The number of nitrogens with one attached hydrogen (secondary N) is 1. The second-order valence-corrected chi connectivity index (χ2v) is 7.33. The molecule has 1 aromatic heterocycles. The molecule has 0 aliphatic carbocycles. The van der Waals surface area contributed by atoms with Crippen LogP contribution in [-0.2, 0) is 16.0 Å². The second kappa shape index (κ2) is 9.41. The molecule has 1 aromatic carbocycles. The Morgan fingerprint density at radius 2 is 2.21 bits per heavy atom. The molecular formula is C24H29N3O2. The third-order valence-corrected chi connectivity index (χ3v) is 5.49. The van der Waals surface area contributed by atoms with Gasteiger partial charge in [-0.2, -0.15) is 5.10 Å². The fraction of sp³-hybridized carbons (Fsp3) is 0.333. The standard InChI is InChI=1S/C24H29N3O2/c1-5-17(2)18(3)19(4)29-14-8-12-24(28)27-13-7-10-22-21(9-6-11-23(22)27)20-15-25-26-16-20/h5-6,9,11,15-16H,1,4,7-8,10,12-14H2,2-3H3,(H,25,26)/b18-17-. The molecule has 0 atom stereocenters. The molecule has 0 fully saturated rings. The summed E-state index contributed by atoms with van der Waals surface area (Å²) in [5, 5.41) is 6.93. The molecule has 0 saturated heterocycles. The molecule has 1 amide bonds. The summed E-state index contributed by atoms with van der Waals surface area (Å²) >= 11 is 0. The van der Waals surface area contributed by atoms with E-state index in [4.69, 9.17) is 4.74 Å². The van der Waals surface area contributed by atoms with Crippen molar-refractivity contribution in [2.24, 2.45) is 0 Å². The van der Waals surface area contributed by atoms with Crippen molar-refractivity contribution in [2.45, 2.75) is 39.5 Å². The maximum Gasteiger partial charge on any atom is 0.227 e. The molecule has 2 heterocycles. The van der Waals surface area contributed by atoms with Gasteiger partial charge in [0.15, 0.2) is 0 Å². The highest BCUT2D eigenvalue weighted by Crippen LogP contribution is 2.35. The molecular weight excluding hydrogens is 362 g/mol. The molecule has 0 radical (unpaired) electrons. The van der Waals surface area contributed by atoms with Gasteiger partial charge in [-0.1, -0.05) is 31.4 Å². The first-order valence-corrected chi connectivity index (χ1v) is 10.1. The summed E-state index contributed by atoms with van der Waals surface area (Å²) in [6.45, 7) is 12.9. The molecule has 1 aliphatic rings. The summed E-state index contributed by atoms with van der Waals surface area (Å²) in [4.78, 5) is 14.8. The molecule has 0 spiro atoms. The van der Waals surface area contributed by atoms with E-state index in [0.717, 1.165) is 47.3 Å². The molecule has 5 nitrogen and oxygen atoms in total. The first-order chi connectivity index (χ1) is 14.0. The quantitative estimate of drug-likeness (QED) is 0.383. The van der Waals surface area contributed by atoms with Crippen molar-refractivity contribution in [3.63, 3.8) is 0 Å². The summed E-state index contributed by atoms with van der Waals surface area (Å²) < 4.78 is 5.72. The van der Waals surface area contributed by atoms with Gasteiger partial charge in [-0.3, -0.25) is 9.89 Å². The summed E-state index contributed by atoms with van der Waals surface area (Å²) in [5.74, 6) is 0.780. The first kappa shape index (κ1) is 20.6. The zero-order valence-corrected chi connectivity index (χ0v) is 17.3. The lowest BCUT2D eigenvalue weighted by atomic mass is 9.93. The lowest BCUT2D eigenvalue weighted by Crippen LogP contribution is -2.35. The van der Waals surface area contributed by atoms with Crippen LogP contribution in [0.25, 0.3) is 11.1 Å². The van der Waals surface area contributed by atoms with Gasteiger partial charge in [0.1, 0.15) is 5.76 Å². The van der Waals surface area contributed by atoms with Gasteiger partial charge in [0.2, 0.25) is 5.91 Å². The van der Waals surface area contributed by atoms with Crippen LogP contribution in [0.4, 0.5) is 5.69 Å². The van der Waals surface area contributed by atoms with Crippen molar-refractivity contribution in [1.82, 2.24) is 10.2 Å². The third-order valence-electron chi connectivity index (χ3n) is 5.49. The van der Waals surface area contributed by atoms with Crippen molar-refractivity contribution in [3.05, 3.63) is 72.3 Å². The van der Waals surface area contributed by atoms with E-state index < -0.39 is 0 Å². The van der Waals surface area contributed by atoms with Gasteiger partial charge < -0.3 is 9.64 Å². The highest BCUT2D eigenvalue weighted by molar-refractivity contribution is 5.96. The van der Waals surface area contributed by atoms with Crippen LogP contribution in [0, 0.1) is 0 Å². The van der Waals surface area contributed by atoms with Gasteiger partial charge in [0, 0.05) is 30.4 Å². The molecule has 3 rings (SSSR count). The number of aromatic nitrogens is 2. The van der Waals surface area contributed by atoms with E-state index in [1.54, 1.807) is 6.08 Å². The summed E-state index contributed by atoms with van der Waals surface area (Å²) in [7, 11) is 0. The molecule has 0 saturated carbocycles. The lowest BCUT2D eigenvalue weighted by molar-refractivity contribution is -0.119. The van der Waals surface area contributed by atoms with Crippen LogP contribution in [0.15, 0.2) is 66.7 Å². The van der Waals surface area contributed by atoms with Gasteiger partial charge in [-0.15, -0.1) is 0 Å². The molecule has 0 bridgehead atoms. The van der Waals surface area contributed by atoms with Crippen molar-refractivity contribution < 1.29 is 9.53 Å². The van der Waals surface area contributed by atoms with E-state index in [9.17, 15) is 4.79 Å². The molecule has 5 heteroatoms. The molecule has 1 N–H and O–H groups in total. The highest BCUT2D eigenvalue weighted by Gasteiger charge is 2.24. The summed E-state index contributed by atoms with van der Waals surface area (Å²) in [6, 6.07) is 6.15. The monoisotopic (exact) mass is 391 g/mol. The van der Waals surface area contributed by atoms with Crippen LogP contribution in [-0.4, -0.2) is 29.3 Å². The number of carbonyl (C=O) groups excluding carboxylic acids is 1. The smallest absolute Gasteiger partial charge is 0.227 e. The second-order valence-electron chi connectivity index (χ2n) is 7.33. The Morgan fingerprint density at radius 1 is 1.38 bits per heavy atom. The van der Waals surface area contributed by atoms with Crippen LogP contribution in [0.3, 0.4) is 0 Å². The SMILES string of the molecule is C=C/C(C)=C(/C)C(=C)OCCCC(=O)N1CCCc2c(-c3cn[nH]c3)cccc21. The van der Waals surface area contributed by atoms with Crippen LogP contribution in [0.2, 0.25) is 0 Å². The number of amides is 1. The average Bonchev–Trinajstić information content (AvgIpc) is 3.29. The number of carbonyl (C=O) groups is 1. The number of anilines is 1. The van der Waals surface area contributed by atoms with E-state index in [2.05, 4.69) is 29.4 Å². The Morgan fingerprint density at radius 3 is 2.93 bits per heavy atom. The van der Waals surface area contributed by atoms with E-state index >= 15 is 0 Å². The van der Waals surface area contributed by atoms with Crippen LogP contribution >= 0.6 is 0 Å². The summed E-state index contributed by atoms with van der Waals surface area (Å²) in [6.07, 6.45) is 8.55. The molecule has 0 unspecified atom stereocenters. The molecule has 29 heavy (non-hydrogen) atoms. The fourth-order valence-corrected chi connectivity index (χ4v) is 3.59. The summed E-state index contributed by atoms with van der Waals surface area (Å²) in [5.41, 5.74) is 6.48. The minimum Gasteiger partial charge on any atom is -0.494 e. The normalized spacial score (nSPS) is 14.1. The number of ether oxygens (including phenoxy) is 1. The molecule has 2 aromatic rings. The molecule has 152 valence electrons. The number of benzene rings is 1. The minimum absolute atomic E-state index is 0.138. The van der Waals surface area contributed by atoms with Crippen LogP contribution < -0.4 is 4.90 Å². The van der Waals surface area contributed by atoms with E-state index in [-0.39, 0.29) is 5.91 Å². The maximum atomic E-state index is 12.9. The van der Waals surface area contributed by atoms with Crippen molar-refractivity contribution in [3.8, 4) is 11.1 Å². The van der Waals surface area contributed by atoms with Gasteiger partial charge in [-0.05, 0) is 61.4 Å². The number of hydrogen-bond donors (Lipinski definition) is 1. The van der Waals surface area contributed by atoms with E-state index in [0.29, 0.717) is 25.2 Å². The molecule has 1 aliphatic heterocycles. The number of aromatic amines is 1. The first-order valence-electron chi connectivity index (χ1n) is 10.1. The number of rotatable bonds is 8. The van der Waals surface area contributed by atoms with Gasteiger partial charge >= 0.3 is 0 Å². The Kier molecular flexibility index (Phi) is 6.70. The van der Waals surface area contributed by atoms with Crippen LogP contribution in [0.5, 0.6) is 0 Å². The topological polar surface area (TPSA) is 58.2 Å². The van der Waals surface area contributed by atoms with Crippen molar-refractivity contribution in [1.29, 1.82) is 0 Å². The number of allylic oxidation sites excluding steroid dienone is 3. The minimum atomic E-state index is 0.138. The Balaban J connectivity index is 1.62. The zero-order valence-electron chi connectivity index (χ0n) is 17.3. The number of fused-ring (bicyclic) bond motifs is 1. The predicted molar refractivity (Wildman–Crippen MR) is 118 cm³/mol. The van der Waals surface area contributed by atoms with E-state index in [1.807, 2.05) is 43.3 Å². The Labute approximate surface area is 172 Å². The number of hydrogen-bond acceptors (Lipinski definition) is 3. The number of nitrogens with zero attached hydrogens (tertiary/aromatic N) is 2. The number of H-pyrrole nitrogens is 1. The van der Waals surface area contributed by atoms with Crippen LogP contribution in [0.1, 0.15) is 38.7 Å². The van der Waals surface area contributed by atoms with Crippen molar-refractivity contribution >= 4 is 11.6 Å². The van der Waals surface area contributed by atoms with Crippen molar-refractivity contribution in [2.75, 3.05) is 18.1 Å². The average molecular weight is 392 g/mol. The lowest BCUT2D eigenvalue weighted by Gasteiger charge is -2.31. The Bertz CT molecular complexity index is 926. The van der Waals surface area contributed by atoms with Gasteiger partial charge in [-0.25, -0.2) is 0 Å². The third kappa shape index (κ3) is 4.67. The maximum absolute atomic E-state index is 12.9. The fourth-order valence-electron chi connectivity index (χ4n) is 3.59. The van der Waals surface area contributed by atoms with Gasteiger partial charge in [0.25, 0.3) is 0 Å².